The fourth-order valence-corrected chi connectivity index (χ4v) is 1.28. The average Bonchev–Trinajstić information content (AvgIpc) is 2.15. The number of ether oxygens (including phenoxy) is 2. The van der Waals surface area contributed by atoms with Crippen molar-refractivity contribution in [2.75, 3.05) is 19.8 Å². The van der Waals surface area contributed by atoms with Crippen LogP contribution >= 0.6 is 0 Å². The first-order chi connectivity index (χ1) is 6.20. The van der Waals surface area contributed by atoms with Gasteiger partial charge >= 0.3 is 0 Å². The molecule has 1 saturated heterocycles. The third-order valence-corrected chi connectivity index (χ3v) is 2.32. The SMILES string of the molecule is CC(OCC1CCOCC1)C(N)=O. The van der Waals surface area contributed by atoms with Gasteiger partial charge in [0.25, 0.3) is 0 Å². The second-order valence-electron chi connectivity index (χ2n) is 3.43. The van der Waals surface area contributed by atoms with Crippen LogP contribution in [0.5, 0.6) is 0 Å². The molecule has 76 valence electrons. The van der Waals surface area contributed by atoms with Crippen molar-refractivity contribution in [3.05, 3.63) is 0 Å². The maximum Gasteiger partial charge on any atom is 0.246 e. The largest absolute Gasteiger partial charge is 0.381 e. The summed E-state index contributed by atoms with van der Waals surface area (Å²) in [6.07, 6.45) is 1.57. The molecule has 4 heteroatoms. The van der Waals surface area contributed by atoms with Gasteiger partial charge in [-0.3, -0.25) is 4.79 Å². The molecular formula is C9H17NO3. The summed E-state index contributed by atoms with van der Waals surface area (Å²) in [6.45, 7) is 3.91. The molecule has 1 heterocycles. The van der Waals surface area contributed by atoms with Gasteiger partial charge in [0, 0.05) is 13.2 Å². The van der Waals surface area contributed by atoms with Crippen molar-refractivity contribution in [3.8, 4) is 0 Å². The molecule has 13 heavy (non-hydrogen) atoms. The van der Waals surface area contributed by atoms with Crippen molar-refractivity contribution < 1.29 is 14.3 Å². The van der Waals surface area contributed by atoms with Crippen LogP contribution in [0.15, 0.2) is 0 Å². The first-order valence-corrected chi connectivity index (χ1v) is 4.69. The second-order valence-corrected chi connectivity index (χ2v) is 3.43. The van der Waals surface area contributed by atoms with Crippen LogP contribution in [0.1, 0.15) is 19.8 Å². The van der Waals surface area contributed by atoms with Gasteiger partial charge in [-0.2, -0.15) is 0 Å². The molecule has 1 amide bonds. The average molecular weight is 187 g/mol. The number of nitrogens with two attached hydrogens (primary N) is 1. The predicted octanol–water partition coefficient (Wildman–Crippen LogP) is 0.303. The van der Waals surface area contributed by atoms with E-state index in [9.17, 15) is 4.79 Å². The van der Waals surface area contributed by atoms with Gasteiger partial charge in [0.15, 0.2) is 0 Å². The van der Waals surface area contributed by atoms with E-state index in [0.717, 1.165) is 26.1 Å². The lowest BCUT2D eigenvalue weighted by Gasteiger charge is -2.22. The van der Waals surface area contributed by atoms with Crippen molar-refractivity contribution >= 4 is 5.91 Å². The molecule has 0 bridgehead atoms. The number of primary amides is 1. The lowest BCUT2D eigenvalue weighted by atomic mass is 10.0. The van der Waals surface area contributed by atoms with E-state index in [0.29, 0.717) is 12.5 Å². The van der Waals surface area contributed by atoms with Gasteiger partial charge in [-0.15, -0.1) is 0 Å². The van der Waals surface area contributed by atoms with Crippen molar-refractivity contribution in [3.63, 3.8) is 0 Å². The summed E-state index contributed by atoms with van der Waals surface area (Å²) in [5, 5.41) is 0. The molecular weight excluding hydrogens is 170 g/mol. The van der Waals surface area contributed by atoms with E-state index in [4.69, 9.17) is 15.2 Å². The smallest absolute Gasteiger partial charge is 0.246 e. The summed E-state index contributed by atoms with van der Waals surface area (Å²) < 4.78 is 10.5. The van der Waals surface area contributed by atoms with Gasteiger partial charge in [0.2, 0.25) is 5.91 Å². The van der Waals surface area contributed by atoms with E-state index >= 15 is 0 Å². The molecule has 1 atom stereocenters. The molecule has 0 saturated carbocycles. The lowest BCUT2D eigenvalue weighted by Crippen LogP contribution is -2.31. The summed E-state index contributed by atoms with van der Waals surface area (Å²) >= 11 is 0. The van der Waals surface area contributed by atoms with Crippen LogP contribution in [-0.2, 0) is 14.3 Å². The van der Waals surface area contributed by atoms with Gasteiger partial charge < -0.3 is 15.2 Å². The quantitative estimate of drug-likeness (QED) is 0.688. The number of rotatable bonds is 4. The Bertz CT molecular complexity index is 166. The molecule has 0 aromatic carbocycles. The number of carbonyl (C=O) groups is 1. The van der Waals surface area contributed by atoms with Crippen LogP contribution in [0.3, 0.4) is 0 Å². The van der Waals surface area contributed by atoms with Crippen molar-refractivity contribution in [1.29, 1.82) is 0 Å². The highest BCUT2D eigenvalue weighted by Crippen LogP contribution is 2.15. The lowest BCUT2D eigenvalue weighted by molar-refractivity contribution is -0.129. The van der Waals surface area contributed by atoms with E-state index in [1.807, 2.05) is 0 Å². The van der Waals surface area contributed by atoms with Crippen LogP contribution in [0, 0.1) is 5.92 Å². The Morgan fingerprint density at radius 1 is 1.62 bits per heavy atom. The fraction of sp³-hybridized carbons (Fsp3) is 0.889. The summed E-state index contributed by atoms with van der Waals surface area (Å²) in [4.78, 5) is 10.6. The maximum atomic E-state index is 10.6. The number of hydrogen-bond acceptors (Lipinski definition) is 3. The minimum Gasteiger partial charge on any atom is -0.381 e. The van der Waals surface area contributed by atoms with E-state index in [2.05, 4.69) is 0 Å². The van der Waals surface area contributed by atoms with Gasteiger partial charge in [0.05, 0.1) is 6.61 Å². The van der Waals surface area contributed by atoms with E-state index < -0.39 is 12.0 Å². The summed E-state index contributed by atoms with van der Waals surface area (Å²) in [5.41, 5.74) is 5.06. The Morgan fingerprint density at radius 2 is 2.23 bits per heavy atom. The van der Waals surface area contributed by atoms with Crippen molar-refractivity contribution in [2.24, 2.45) is 11.7 Å². The van der Waals surface area contributed by atoms with Crippen LogP contribution < -0.4 is 5.73 Å². The molecule has 2 N–H and O–H groups in total. The Balaban J connectivity index is 2.13. The van der Waals surface area contributed by atoms with Crippen molar-refractivity contribution in [1.82, 2.24) is 0 Å². The molecule has 1 aliphatic heterocycles. The predicted molar refractivity (Wildman–Crippen MR) is 48.2 cm³/mol. The number of carbonyl (C=O) groups excluding carboxylic acids is 1. The Labute approximate surface area is 78.4 Å². The standard InChI is InChI=1S/C9H17NO3/c1-7(9(10)11)13-6-8-2-4-12-5-3-8/h7-8H,2-6H2,1H3,(H2,10,11). The minimum atomic E-state index is -0.470. The molecule has 0 spiro atoms. The monoisotopic (exact) mass is 187 g/mol. The highest BCUT2D eigenvalue weighted by atomic mass is 16.5. The van der Waals surface area contributed by atoms with E-state index in [-0.39, 0.29) is 0 Å². The Morgan fingerprint density at radius 3 is 2.77 bits per heavy atom. The second kappa shape index (κ2) is 5.19. The molecule has 1 unspecified atom stereocenters. The molecule has 4 nitrogen and oxygen atoms in total. The number of hydrogen-bond donors (Lipinski definition) is 1. The maximum absolute atomic E-state index is 10.6. The van der Waals surface area contributed by atoms with Gasteiger partial charge in [-0.05, 0) is 25.7 Å². The molecule has 1 fully saturated rings. The van der Waals surface area contributed by atoms with Gasteiger partial charge in [-0.25, -0.2) is 0 Å². The van der Waals surface area contributed by atoms with Crippen LogP contribution in [0.2, 0.25) is 0 Å². The minimum absolute atomic E-state index is 0.396. The van der Waals surface area contributed by atoms with E-state index in [1.54, 1.807) is 6.92 Å². The molecule has 1 aliphatic rings. The summed E-state index contributed by atoms with van der Waals surface area (Å²) in [6, 6.07) is 0. The van der Waals surface area contributed by atoms with E-state index in [1.165, 1.54) is 0 Å². The normalized spacial score (nSPS) is 21.3. The fourth-order valence-electron chi connectivity index (χ4n) is 1.28. The Kier molecular flexibility index (Phi) is 4.18. The molecule has 0 aromatic heterocycles. The zero-order chi connectivity index (χ0) is 9.68. The highest BCUT2D eigenvalue weighted by Gasteiger charge is 2.16. The third-order valence-electron chi connectivity index (χ3n) is 2.32. The third kappa shape index (κ3) is 3.74. The molecule has 0 aliphatic carbocycles. The van der Waals surface area contributed by atoms with Crippen LogP contribution in [0.25, 0.3) is 0 Å². The van der Waals surface area contributed by atoms with Crippen molar-refractivity contribution in [2.45, 2.75) is 25.9 Å². The number of amides is 1. The zero-order valence-corrected chi connectivity index (χ0v) is 7.99. The summed E-state index contributed by atoms with van der Waals surface area (Å²) in [5.74, 6) is 0.127. The molecule has 0 radical (unpaired) electrons. The zero-order valence-electron chi connectivity index (χ0n) is 7.99. The molecule has 0 aromatic rings. The topological polar surface area (TPSA) is 61.6 Å². The first-order valence-electron chi connectivity index (χ1n) is 4.69. The van der Waals surface area contributed by atoms with Crippen LogP contribution in [-0.4, -0.2) is 31.8 Å². The summed E-state index contributed by atoms with van der Waals surface area (Å²) in [7, 11) is 0. The highest BCUT2D eigenvalue weighted by molar-refractivity contribution is 5.78. The molecule has 1 rings (SSSR count). The Hall–Kier alpha value is -0.610. The van der Waals surface area contributed by atoms with Gasteiger partial charge in [-0.1, -0.05) is 0 Å². The van der Waals surface area contributed by atoms with Crippen LogP contribution in [0.4, 0.5) is 0 Å². The first kappa shape index (κ1) is 10.5. The van der Waals surface area contributed by atoms with Gasteiger partial charge in [0.1, 0.15) is 6.10 Å².